The second-order valence-corrected chi connectivity index (χ2v) is 8.91. The highest BCUT2D eigenvalue weighted by Crippen LogP contribution is 2.17. The summed E-state index contributed by atoms with van der Waals surface area (Å²) >= 11 is 6.24. The molecule has 0 fully saturated rings. The zero-order chi connectivity index (χ0) is 26.5. The molecule has 3 heterocycles. The van der Waals surface area contributed by atoms with Crippen LogP contribution in [-0.4, -0.2) is 45.1 Å². The van der Waals surface area contributed by atoms with E-state index in [1.165, 1.54) is 10.5 Å². The maximum atomic E-state index is 13.4. The number of ether oxygens (including phenoxy) is 2. The van der Waals surface area contributed by atoms with Crippen LogP contribution in [0.15, 0.2) is 64.5 Å². The molecule has 37 heavy (non-hydrogen) atoms. The van der Waals surface area contributed by atoms with Gasteiger partial charge in [-0.15, -0.1) is 0 Å². The molecule has 0 bridgehead atoms. The normalized spacial score (nSPS) is 12.0. The lowest BCUT2D eigenvalue weighted by atomic mass is 10.2. The lowest BCUT2D eigenvalue weighted by Gasteiger charge is -2.15. The molecule has 0 spiro atoms. The topological polar surface area (TPSA) is 104 Å². The lowest BCUT2D eigenvalue weighted by molar-refractivity contribution is 0.0523. The van der Waals surface area contributed by atoms with Crippen LogP contribution in [0.2, 0.25) is 5.02 Å². The zero-order valence-corrected chi connectivity index (χ0v) is 21.6. The minimum Gasteiger partial charge on any atom is -0.462 e. The Morgan fingerprint density at radius 1 is 1.11 bits per heavy atom. The number of hydrogen-bond donors (Lipinski definition) is 0. The second-order valence-electron chi connectivity index (χ2n) is 8.51. The standard InChI is InChI=1S/C27H27ClN4O5/c1-4-36-27(35)20-16-19-23(29-22-12-7-8-13-31(22)26(19)34)32(14-9-15-37-17(2)3)24(20)30-25(33)18-10-5-6-11-21(18)28/h5-8,10-13,16-17H,4,9,14-15H2,1-3H3. The zero-order valence-electron chi connectivity index (χ0n) is 20.8. The predicted octanol–water partition coefficient (Wildman–Crippen LogP) is 4.04. The molecular weight excluding hydrogens is 496 g/mol. The third kappa shape index (κ3) is 5.63. The maximum Gasteiger partial charge on any atom is 0.341 e. The van der Waals surface area contributed by atoms with E-state index < -0.39 is 11.9 Å². The van der Waals surface area contributed by atoms with E-state index in [2.05, 4.69) is 4.99 Å². The Bertz CT molecular complexity index is 1610. The molecule has 0 N–H and O–H groups in total. The number of rotatable bonds is 8. The van der Waals surface area contributed by atoms with Crippen molar-refractivity contribution in [3.8, 4) is 0 Å². The van der Waals surface area contributed by atoms with Gasteiger partial charge in [0.05, 0.1) is 28.7 Å². The van der Waals surface area contributed by atoms with Crippen LogP contribution in [0.4, 0.5) is 0 Å². The van der Waals surface area contributed by atoms with Crippen LogP contribution in [0.25, 0.3) is 16.7 Å². The van der Waals surface area contributed by atoms with Crippen molar-refractivity contribution >= 4 is 40.2 Å². The highest BCUT2D eigenvalue weighted by Gasteiger charge is 2.20. The molecule has 0 radical (unpaired) electrons. The molecule has 1 aromatic carbocycles. The summed E-state index contributed by atoms with van der Waals surface area (Å²) in [7, 11) is 0. The van der Waals surface area contributed by atoms with Crippen molar-refractivity contribution < 1.29 is 19.1 Å². The number of fused-ring (bicyclic) bond motifs is 2. The number of nitrogens with zero attached hydrogens (tertiary/aromatic N) is 4. The van der Waals surface area contributed by atoms with Crippen molar-refractivity contribution in [3.63, 3.8) is 0 Å². The van der Waals surface area contributed by atoms with Gasteiger partial charge in [-0.25, -0.2) is 9.78 Å². The van der Waals surface area contributed by atoms with E-state index in [1.807, 2.05) is 13.8 Å². The fraction of sp³-hybridized carbons (Fsp3) is 0.296. The molecule has 192 valence electrons. The number of amides is 1. The molecule has 10 heteroatoms. The molecule has 0 saturated carbocycles. The van der Waals surface area contributed by atoms with Crippen molar-refractivity contribution in [2.75, 3.05) is 13.2 Å². The first-order valence-electron chi connectivity index (χ1n) is 12.0. The Kier molecular flexibility index (Phi) is 8.15. The van der Waals surface area contributed by atoms with E-state index >= 15 is 0 Å². The van der Waals surface area contributed by atoms with Crippen LogP contribution < -0.4 is 11.0 Å². The van der Waals surface area contributed by atoms with Crippen molar-refractivity contribution in [2.24, 2.45) is 4.99 Å². The summed E-state index contributed by atoms with van der Waals surface area (Å²) < 4.78 is 14.0. The molecule has 1 amide bonds. The highest BCUT2D eigenvalue weighted by atomic mass is 35.5. The summed E-state index contributed by atoms with van der Waals surface area (Å²) in [5.74, 6) is -1.35. The molecule has 0 aliphatic rings. The molecule has 4 aromatic rings. The molecule has 0 aliphatic heterocycles. The quantitative estimate of drug-likeness (QED) is 0.196. The molecule has 9 nitrogen and oxygen atoms in total. The summed E-state index contributed by atoms with van der Waals surface area (Å²) in [6.07, 6.45) is 2.15. The third-order valence-corrected chi connectivity index (χ3v) is 5.90. The van der Waals surface area contributed by atoms with Crippen LogP contribution in [0.3, 0.4) is 0 Å². The number of carbonyl (C=O) groups is 2. The van der Waals surface area contributed by atoms with Gasteiger partial charge in [-0.2, -0.15) is 4.99 Å². The lowest BCUT2D eigenvalue weighted by Crippen LogP contribution is -2.33. The number of benzene rings is 1. The number of aromatic nitrogens is 3. The van der Waals surface area contributed by atoms with Crippen LogP contribution in [0.1, 0.15) is 47.9 Å². The monoisotopic (exact) mass is 522 g/mol. The van der Waals surface area contributed by atoms with Gasteiger partial charge in [0.15, 0.2) is 5.49 Å². The van der Waals surface area contributed by atoms with Crippen molar-refractivity contribution in [2.45, 2.75) is 39.8 Å². The number of carbonyl (C=O) groups excluding carboxylic acids is 2. The summed E-state index contributed by atoms with van der Waals surface area (Å²) in [6.45, 7) is 6.34. The summed E-state index contributed by atoms with van der Waals surface area (Å²) in [5, 5.41) is 0.426. The highest BCUT2D eigenvalue weighted by molar-refractivity contribution is 6.33. The molecule has 0 aliphatic carbocycles. The Morgan fingerprint density at radius 3 is 2.59 bits per heavy atom. The van der Waals surface area contributed by atoms with Gasteiger partial charge >= 0.3 is 5.97 Å². The Morgan fingerprint density at radius 2 is 1.86 bits per heavy atom. The van der Waals surface area contributed by atoms with Gasteiger partial charge in [0.1, 0.15) is 16.9 Å². The van der Waals surface area contributed by atoms with Gasteiger partial charge in [-0.05, 0) is 57.5 Å². The molecule has 0 atom stereocenters. The smallest absolute Gasteiger partial charge is 0.341 e. The Balaban J connectivity index is 2.04. The second kappa shape index (κ2) is 11.5. The summed E-state index contributed by atoms with van der Waals surface area (Å²) in [6, 6.07) is 13.1. The van der Waals surface area contributed by atoms with Gasteiger partial charge in [0, 0.05) is 19.3 Å². The molecule has 0 saturated heterocycles. The maximum absolute atomic E-state index is 13.4. The van der Waals surface area contributed by atoms with E-state index in [1.54, 1.807) is 60.2 Å². The number of aryl methyl sites for hydroxylation is 1. The number of pyridine rings is 2. The fourth-order valence-electron chi connectivity index (χ4n) is 3.90. The van der Waals surface area contributed by atoms with Crippen molar-refractivity contribution in [3.05, 3.63) is 86.7 Å². The molecule has 4 rings (SSSR count). The molecular formula is C27H27ClN4O5. The van der Waals surface area contributed by atoms with Crippen molar-refractivity contribution in [1.82, 2.24) is 14.0 Å². The van der Waals surface area contributed by atoms with E-state index in [-0.39, 0.29) is 51.8 Å². The third-order valence-electron chi connectivity index (χ3n) is 5.57. The van der Waals surface area contributed by atoms with Gasteiger partial charge in [-0.3, -0.25) is 14.0 Å². The Hall–Kier alpha value is -3.82. The minimum absolute atomic E-state index is 0.0192. The van der Waals surface area contributed by atoms with Gasteiger partial charge < -0.3 is 14.0 Å². The SMILES string of the molecule is CCOC(=O)c1cc2c(=O)n3ccccc3nc2n(CCCOC(C)C)c1=NC(=O)c1ccccc1Cl. The van der Waals surface area contributed by atoms with Gasteiger partial charge in [-0.1, -0.05) is 29.8 Å². The first kappa shape index (κ1) is 26.2. The Labute approximate surface area is 218 Å². The fourth-order valence-corrected chi connectivity index (χ4v) is 4.12. The number of hydrogen-bond acceptors (Lipinski definition) is 6. The largest absolute Gasteiger partial charge is 0.462 e. The predicted molar refractivity (Wildman–Crippen MR) is 140 cm³/mol. The minimum atomic E-state index is -0.708. The number of halogens is 1. The van der Waals surface area contributed by atoms with Crippen molar-refractivity contribution in [1.29, 1.82) is 0 Å². The summed E-state index contributed by atoms with van der Waals surface area (Å²) in [4.78, 5) is 48.7. The van der Waals surface area contributed by atoms with E-state index in [4.69, 9.17) is 26.1 Å². The first-order valence-corrected chi connectivity index (χ1v) is 12.4. The van der Waals surface area contributed by atoms with Gasteiger partial charge in [0.25, 0.3) is 11.5 Å². The summed E-state index contributed by atoms with van der Waals surface area (Å²) in [5.41, 5.74) is 0.545. The van der Waals surface area contributed by atoms with Gasteiger partial charge in [0.2, 0.25) is 0 Å². The van der Waals surface area contributed by atoms with Crippen LogP contribution in [-0.2, 0) is 16.0 Å². The van der Waals surface area contributed by atoms with E-state index in [0.717, 1.165) is 0 Å². The van der Waals surface area contributed by atoms with E-state index in [0.29, 0.717) is 24.3 Å². The van der Waals surface area contributed by atoms with Crippen LogP contribution in [0.5, 0.6) is 0 Å². The number of esters is 1. The van der Waals surface area contributed by atoms with Crippen LogP contribution in [0, 0.1) is 0 Å². The van der Waals surface area contributed by atoms with Crippen LogP contribution >= 0.6 is 11.6 Å². The molecule has 3 aromatic heterocycles. The molecule has 0 unspecified atom stereocenters. The average molecular weight is 523 g/mol. The van der Waals surface area contributed by atoms with E-state index in [9.17, 15) is 14.4 Å². The first-order chi connectivity index (χ1) is 17.8. The average Bonchev–Trinajstić information content (AvgIpc) is 2.87.